The maximum absolute atomic E-state index is 4.89. The van der Waals surface area contributed by atoms with Gasteiger partial charge in [-0.1, -0.05) is 48.5 Å². The summed E-state index contributed by atoms with van der Waals surface area (Å²) < 4.78 is 0. The Morgan fingerprint density at radius 2 is 0.925 bits per heavy atom. The van der Waals surface area contributed by atoms with E-state index in [1.807, 2.05) is 73.1 Å². The topological polar surface area (TPSA) is 67.7 Å². The van der Waals surface area contributed by atoms with Crippen LogP contribution in [0.1, 0.15) is 17.0 Å². The molecule has 194 valence electrons. The Morgan fingerprint density at radius 1 is 0.425 bits per heavy atom. The molecule has 0 aliphatic heterocycles. The molecule has 0 amide bonds. The van der Waals surface area contributed by atoms with Crippen LogP contribution in [0.5, 0.6) is 0 Å². The van der Waals surface area contributed by atoms with Gasteiger partial charge >= 0.3 is 0 Å². The van der Waals surface area contributed by atoms with Gasteiger partial charge < -0.3 is 0 Å². The second-order valence-electron chi connectivity index (χ2n) is 9.54. The van der Waals surface area contributed by atoms with E-state index in [1.165, 1.54) is 5.56 Å². The van der Waals surface area contributed by atoms with E-state index in [0.717, 1.165) is 64.9 Å². The van der Waals surface area contributed by atoms with Crippen LogP contribution in [0.15, 0.2) is 134 Å². The summed E-state index contributed by atoms with van der Waals surface area (Å²) in [7, 11) is 0. The van der Waals surface area contributed by atoms with E-state index < -0.39 is 0 Å². The van der Waals surface area contributed by atoms with Crippen LogP contribution >= 0.6 is 0 Å². The first-order valence-electron chi connectivity index (χ1n) is 13.3. The van der Waals surface area contributed by atoms with Gasteiger partial charge in [-0.25, -0.2) is 4.98 Å². The van der Waals surface area contributed by atoms with Gasteiger partial charge in [0.1, 0.15) is 0 Å². The van der Waals surface area contributed by atoms with E-state index in [1.54, 1.807) is 12.4 Å². The monoisotopic (exact) mass is 520 g/mol. The average molecular weight is 521 g/mol. The fraction of sp³-hybridized carbons (Fsp3) is 0.0882. The molecule has 0 N–H and O–H groups in total. The van der Waals surface area contributed by atoms with Gasteiger partial charge in [-0.15, -0.1) is 0 Å². The van der Waals surface area contributed by atoms with Crippen LogP contribution in [0, 0.1) is 0 Å². The summed E-state index contributed by atoms with van der Waals surface area (Å²) in [6.45, 7) is 2.26. The molecule has 0 spiro atoms. The summed E-state index contributed by atoms with van der Waals surface area (Å²) in [6.07, 6.45) is 7.27. The molecule has 40 heavy (non-hydrogen) atoms. The molecule has 6 nitrogen and oxygen atoms in total. The van der Waals surface area contributed by atoms with E-state index in [2.05, 4.69) is 73.4 Å². The zero-order valence-corrected chi connectivity index (χ0v) is 22.0. The number of benzene rings is 1. The number of aromatic nitrogens is 5. The number of hydrogen-bond donors (Lipinski definition) is 0. The van der Waals surface area contributed by atoms with Crippen LogP contribution in [-0.2, 0) is 19.6 Å². The molecule has 0 aliphatic carbocycles. The van der Waals surface area contributed by atoms with Gasteiger partial charge in [-0.3, -0.25) is 24.8 Å². The molecule has 0 saturated carbocycles. The normalized spacial score (nSPS) is 11.0. The van der Waals surface area contributed by atoms with Crippen molar-refractivity contribution in [3.05, 3.63) is 151 Å². The first-order valence-corrected chi connectivity index (χ1v) is 13.3. The summed E-state index contributed by atoms with van der Waals surface area (Å²) >= 11 is 0. The van der Waals surface area contributed by atoms with Gasteiger partial charge in [0.15, 0.2) is 0 Å². The molecular weight excluding hydrogens is 492 g/mol. The Morgan fingerprint density at radius 3 is 1.38 bits per heavy atom. The lowest BCUT2D eigenvalue weighted by molar-refractivity contribution is 0.242. The Bertz CT molecular complexity index is 1540. The Balaban J connectivity index is 1.29. The van der Waals surface area contributed by atoms with Crippen molar-refractivity contribution in [1.82, 2.24) is 29.8 Å². The standard InChI is InChI=1S/C34H28N6/c1-5-17-35-29(9-1)24-40(25-30-10-2-6-18-36-30)23-26-13-15-27(16-14-26)28-21-33(31-11-3-7-19-37-31)39-34(22-28)32-12-4-8-20-38-32/h1-22H,23-25H2. The molecule has 0 bridgehead atoms. The molecule has 0 saturated heterocycles. The lowest BCUT2D eigenvalue weighted by Crippen LogP contribution is -2.23. The molecule has 6 aromatic rings. The van der Waals surface area contributed by atoms with Crippen LogP contribution in [0.3, 0.4) is 0 Å². The van der Waals surface area contributed by atoms with E-state index >= 15 is 0 Å². The molecule has 0 aliphatic rings. The summed E-state index contributed by atoms with van der Waals surface area (Å²) in [6, 6.07) is 36.8. The third-order valence-electron chi connectivity index (χ3n) is 6.60. The van der Waals surface area contributed by atoms with Crippen LogP contribution in [0.2, 0.25) is 0 Å². The third-order valence-corrected chi connectivity index (χ3v) is 6.60. The molecule has 5 aromatic heterocycles. The summed E-state index contributed by atoms with van der Waals surface area (Å²) in [5.74, 6) is 0. The lowest BCUT2D eigenvalue weighted by Gasteiger charge is -2.22. The van der Waals surface area contributed by atoms with E-state index in [0.29, 0.717) is 0 Å². The molecule has 0 atom stereocenters. The van der Waals surface area contributed by atoms with Gasteiger partial charge in [0, 0.05) is 44.4 Å². The minimum atomic E-state index is 0.740. The molecule has 1 aromatic carbocycles. The second kappa shape index (κ2) is 12.2. The van der Waals surface area contributed by atoms with Gasteiger partial charge in [0.25, 0.3) is 0 Å². The Labute approximate surface area is 234 Å². The van der Waals surface area contributed by atoms with E-state index in [9.17, 15) is 0 Å². The smallest absolute Gasteiger partial charge is 0.0900 e. The summed E-state index contributed by atoms with van der Waals surface area (Å²) in [5, 5.41) is 0. The summed E-state index contributed by atoms with van der Waals surface area (Å²) in [4.78, 5) is 25.4. The highest BCUT2D eigenvalue weighted by molar-refractivity contribution is 5.74. The van der Waals surface area contributed by atoms with E-state index in [4.69, 9.17) is 4.98 Å². The zero-order valence-electron chi connectivity index (χ0n) is 22.0. The number of hydrogen-bond acceptors (Lipinski definition) is 6. The predicted molar refractivity (Wildman–Crippen MR) is 158 cm³/mol. The lowest BCUT2D eigenvalue weighted by atomic mass is 10.0. The number of rotatable bonds is 9. The minimum Gasteiger partial charge on any atom is -0.287 e. The molecular formula is C34H28N6. The van der Waals surface area contributed by atoms with Crippen molar-refractivity contribution in [3.63, 3.8) is 0 Å². The van der Waals surface area contributed by atoms with Gasteiger partial charge in [0.05, 0.1) is 34.2 Å². The van der Waals surface area contributed by atoms with Crippen LogP contribution < -0.4 is 0 Å². The largest absolute Gasteiger partial charge is 0.287 e. The second-order valence-corrected chi connectivity index (χ2v) is 9.54. The van der Waals surface area contributed by atoms with Gasteiger partial charge in [0.2, 0.25) is 0 Å². The van der Waals surface area contributed by atoms with Crippen LogP contribution in [-0.4, -0.2) is 29.8 Å². The van der Waals surface area contributed by atoms with E-state index in [-0.39, 0.29) is 0 Å². The van der Waals surface area contributed by atoms with Crippen molar-refractivity contribution in [1.29, 1.82) is 0 Å². The highest BCUT2D eigenvalue weighted by atomic mass is 15.1. The maximum Gasteiger partial charge on any atom is 0.0900 e. The third kappa shape index (κ3) is 6.31. The fourth-order valence-corrected chi connectivity index (χ4v) is 4.66. The quantitative estimate of drug-likeness (QED) is 0.207. The van der Waals surface area contributed by atoms with Gasteiger partial charge in [-0.05, 0) is 77.4 Å². The van der Waals surface area contributed by atoms with Crippen molar-refractivity contribution in [2.24, 2.45) is 0 Å². The highest BCUT2D eigenvalue weighted by Gasteiger charge is 2.12. The van der Waals surface area contributed by atoms with Crippen LogP contribution in [0.25, 0.3) is 33.9 Å². The highest BCUT2D eigenvalue weighted by Crippen LogP contribution is 2.29. The Hall–Kier alpha value is -5.07. The number of pyridine rings is 5. The van der Waals surface area contributed by atoms with Gasteiger partial charge in [-0.2, -0.15) is 0 Å². The fourth-order valence-electron chi connectivity index (χ4n) is 4.66. The predicted octanol–water partition coefficient (Wildman–Crippen LogP) is 6.87. The number of nitrogens with zero attached hydrogens (tertiary/aromatic N) is 6. The zero-order chi connectivity index (χ0) is 27.0. The van der Waals surface area contributed by atoms with Crippen molar-refractivity contribution in [2.45, 2.75) is 19.6 Å². The maximum atomic E-state index is 4.89. The van der Waals surface area contributed by atoms with Crippen LogP contribution in [0.4, 0.5) is 0 Å². The molecule has 6 heteroatoms. The molecule has 0 fully saturated rings. The molecule has 6 rings (SSSR count). The molecule has 0 radical (unpaired) electrons. The SMILES string of the molecule is c1ccc(CN(Cc2ccc(-c3cc(-c4ccccn4)nc(-c4ccccn4)c3)cc2)Cc2ccccn2)nc1. The van der Waals surface area contributed by atoms with Crippen molar-refractivity contribution in [2.75, 3.05) is 0 Å². The minimum absolute atomic E-state index is 0.740. The van der Waals surface area contributed by atoms with Crippen molar-refractivity contribution in [3.8, 4) is 33.9 Å². The van der Waals surface area contributed by atoms with Crippen molar-refractivity contribution >= 4 is 0 Å². The average Bonchev–Trinajstić information content (AvgIpc) is 3.03. The first-order chi connectivity index (χ1) is 19.8. The first kappa shape index (κ1) is 25.2. The van der Waals surface area contributed by atoms with Crippen molar-refractivity contribution < 1.29 is 0 Å². The molecule has 5 heterocycles. The molecule has 0 unspecified atom stereocenters. The summed E-state index contributed by atoms with van der Waals surface area (Å²) in [5.41, 5.74) is 8.78. The Kier molecular flexibility index (Phi) is 7.69.